The average Bonchev–Trinajstić information content (AvgIpc) is 3.27. The molecule has 4 nitrogen and oxygen atoms in total. The highest BCUT2D eigenvalue weighted by Crippen LogP contribution is 2.41. The van der Waals surface area contributed by atoms with Crippen molar-refractivity contribution in [1.82, 2.24) is 15.1 Å². The lowest BCUT2D eigenvalue weighted by Crippen LogP contribution is -2.33. The maximum Gasteiger partial charge on any atom is 0.169 e. The van der Waals surface area contributed by atoms with Gasteiger partial charge in [0.2, 0.25) is 0 Å². The standard InChI is InChI=1S/C22H24FN3OS/c1-14(27)21-8-15(13-28-21)11-24-19-9-22(2,3)10-20-18(19)12-25-26(20)17-6-4-16(23)5-7-17/h4-8,12-13,19,24H,9-11H2,1-3H3. The van der Waals surface area contributed by atoms with Gasteiger partial charge in [0.15, 0.2) is 5.78 Å². The Morgan fingerprint density at radius 3 is 2.79 bits per heavy atom. The van der Waals surface area contributed by atoms with E-state index in [4.69, 9.17) is 0 Å². The minimum Gasteiger partial charge on any atom is -0.306 e. The monoisotopic (exact) mass is 397 g/mol. The molecule has 28 heavy (non-hydrogen) atoms. The summed E-state index contributed by atoms with van der Waals surface area (Å²) >= 11 is 1.50. The van der Waals surface area contributed by atoms with Gasteiger partial charge in [-0.2, -0.15) is 5.10 Å². The second-order valence-electron chi connectivity index (χ2n) is 8.29. The first-order chi connectivity index (χ1) is 13.3. The molecule has 1 aromatic carbocycles. The van der Waals surface area contributed by atoms with E-state index in [9.17, 15) is 9.18 Å². The van der Waals surface area contributed by atoms with Crippen LogP contribution < -0.4 is 5.32 Å². The summed E-state index contributed by atoms with van der Waals surface area (Å²) in [5.74, 6) is -0.136. The number of benzene rings is 1. The van der Waals surface area contributed by atoms with E-state index in [-0.39, 0.29) is 23.1 Å². The fourth-order valence-electron chi connectivity index (χ4n) is 3.92. The third-order valence-corrected chi connectivity index (χ3v) is 6.38. The summed E-state index contributed by atoms with van der Waals surface area (Å²) in [4.78, 5) is 12.3. The summed E-state index contributed by atoms with van der Waals surface area (Å²) < 4.78 is 15.2. The van der Waals surface area contributed by atoms with E-state index >= 15 is 0 Å². The highest BCUT2D eigenvalue weighted by Gasteiger charge is 2.35. The number of fused-ring (bicyclic) bond motifs is 1. The van der Waals surface area contributed by atoms with Crippen molar-refractivity contribution in [3.8, 4) is 5.69 Å². The SMILES string of the molecule is CC(=O)c1cc(CNC2CC(C)(C)Cc3c2cnn3-c2ccc(F)cc2)cs1. The summed E-state index contributed by atoms with van der Waals surface area (Å²) in [6, 6.07) is 8.63. The van der Waals surface area contributed by atoms with Gasteiger partial charge in [-0.05, 0) is 66.5 Å². The Morgan fingerprint density at radius 2 is 2.11 bits per heavy atom. The molecule has 0 fully saturated rings. The topological polar surface area (TPSA) is 46.9 Å². The number of carbonyl (C=O) groups is 1. The largest absolute Gasteiger partial charge is 0.306 e. The van der Waals surface area contributed by atoms with Crippen molar-refractivity contribution < 1.29 is 9.18 Å². The fraction of sp³-hybridized carbons (Fsp3) is 0.364. The zero-order chi connectivity index (χ0) is 19.9. The summed E-state index contributed by atoms with van der Waals surface area (Å²) in [6.45, 7) is 6.85. The van der Waals surface area contributed by atoms with Crippen LogP contribution in [0.25, 0.3) is 5.69 Å². The molecule has 4 rings (SSSR count). The molecule has 0 radical (unpaired) electrons. The molecule has 0 spiro atoms. The molecule has 1 aliphatic rings. The van der Waals surface area contributed by atoms with Crippen molar-refractivity contribution in [2.75, 3.05) is 0 Å². The van der Waals surface area contributed by atoms with Crippen LogP contribution in [0.3, 0.4) is 0 Å². The number of halogens is 1. The number of hydrogen-bond donors (Lipinski definition) is 1. The number of nitrogens with zero attached hydrogens (tertiary/aromatic N) is 2. The normalized spacial score (nSPS) is 18.1. The number of carbonyl (C=O) groups excluding carboxylic acids is 1. The van der Waals surface area contributed by atoms with E-state index in [2.05, 4.69) is 24.3 Å². The van der Waals surface area contributed by atoms with Crippen molar-refractivity contribution in [3.05, 3.63) is 69.4 Å². The number of aromatic nitrogens is 2. The molecule has 0 saturated heterocycles. The average molecular weight is 398 g/mol. The van der Waals surface area contributed by atoms with Crippen LogP contribution in [-0.4, -0.2) is 15.6 Å². The van der Waals surface area contributed by atoms with Gasteiger partial charge in [-0.15, -0.1) is 11.3 Å². The van der Waals surface area contributed by atoms with Gasteiger partial charge in [0.05, 0.1) is 16.8 Å². The quantitative estimate of drug-likeness (QED) is 0.611. The summed E-state index contributed by atoms with van der Waals surface area (Å²) in [6.07, 6.45) is 3.86. The van der Waals surface area contributed by atoms with E-state index in [1.807, 2.05) is 22.3 Å². The van der Waals surface area contributed by atoms with Crippen molar-refractivity contribution in [3.63, 3.8) is 0 Å². The third-order valence-electron chi connectivity index (χ3n) is 5.30. The Bertz CT molecular complexity index is 1000. The Morgan fingerprint density at radius 1 is 1.36 bits per heavy atom. The molecule has 146 valence electrons. The van der Waals surface area contributed by atoms with Crippen LogP contribution in [0.15, 0.2) is 41.9 Å². The van der Waals surface area contributed by atoms with Gasteiger partial charge in [-0.1, -0.05) is 13.8 Å². The molecule has 1 N–H and O–H groups in total. The lowest BCUT2D eigenvalue weighted by molar-refractivity contribution is 0.102. The van der Waals surface area contributed by atoms with Gasteiger partial charge >= 0.3 is 0 Å². The number of nitrogens with one attached hydrogen (secondary N) is 1. The number of ketones is 1. The molecule has 1 unspecified atom stereocenters. The van der Waals surface area contributed by atoms with Crippen LogP contribution in [0, 0.1) is 11.2 Å². The predicted molar refractivity (Wildman–Crippen MR) is 110 cm³/mol. The molecule has 1 aliphatic carbocycles. The molecule has 2 heterocycles. The lowest BCUT2D eigenvalue weighted by Gasteiger charge is -2.36. The van der Waals surface area contributed by atoms with Gasteiger partial charge < -0.3 is 5.32 Å². The smallest absolute Gasteiger partial charge is 0.169 e. The number of thiophene rings is 1. The first-order valence-corrected chi connectivity index (χ1v) is 10.3. The molecule has 0 bridgehead atoms. The molecule has 0 saturated carbocycles. The van der Waals surface area contributed by atoms with Gasteiger partial charge in [0.1, 0.15) is 5.82 Å². The Balaban J connectivity index is 1.60. The van der Waals surface area contributed by atoms with Crippen molar-refractivity contribution in [1.29, 1.82) is 0 Å². The Labute approximate surface area is 168 Å². The Kier molecular flexibility index (Phi) is 4.93. The van der Waals surface area contributed by atoms with Crippen LogP contribution in [0.2, 0.25) is 0 Å². The molecule has 3 aromatic rings. The maximum absolute atomic E-state index is 13.3. The van der Waals surface area contributed by atoms with Gasteiger partial charge in [-0.25, -0.2) is 9.07 Å². The zero-order valence-corrected chi connectivity index (χ0v) is 17.1. The molecule has 6 heteroatoms. The third kappa shape index (κ3) is 3.80. The van der Waals surface area contributed by atoms with Crippen LogP contribution in [0.4, 0.5) is 4.39 Å². The van der Waals surface area contributed by atoms with E-state index < -0.39 is 0 Å². The van der Waals surface area contributed by atoms with Crippen LogP contribution >= 0.6 is 11.3 Å². The highest BCUT2D eigenvalue weighted by atomic mass is 32.1. The molecule has 2 aromatic heterocycles. The zero-order valence-electron chi connectivity index (χ0n) is 16.3. The van der Waals surface area contributed by atoms with Gasteiger partial charge in [0.25, 0.3) is 0 Å². The molecule has 1 atom stereocenters. The second kappa shape index (κ2) is 7.26. The van der Waals surface area contributed by atoms with Gasteiger partial charge in [0, 0.05) is 23.8 Å². The number of Topliss-reactive ketones (excluding diaryl/α,β-unsaturated/α-hetero) is 1. The van der Waals surface area contributed by atoms with E-state index in [1.54, 1.807) is 19.1 Å². The Hall–Kier alpha value is -2.31. The molecule has 0 amide bonds. The summed E-state index contributed by atoms with van der Waals surface area (Å²) in [7, 11) is 0. The van der Waals surface area contributed by atoms with Crippen LogP contribution in [-0.2, 0) is 13.0 Å². The first kappa shape index (κ1) is 19.0. The van der Waals surface area contributed by atoms with Crippen LogP contribution in [0.1, 0.15) is 59.7 Å². The molecular formula is C22H24FN3OS. The summed E-state index contributed by atoms with van der Waals surface area (Å²) in [5.41, 5.74) is 4.51. The van der Waals surface area contributed by atoms with Crippen LogP contribution in [0.5, 0.6) is 0 Å². The minimum absolute atomic E-state index is 0.109. The molecule has 0 aliphatic heterocycles. The lowest BCUT2D eigenvalue weighted by atomic mass is 9.74. The second-order valence-corrected chi connectivity index (χ2v) is 9.20. The van der Waals surface area contributed by atoms with Gasteiger partial charge in [-0.3, -0.25) is 4.79 Å². The number of rotatable bonds is 5. The summed E-state index contributed by atoms with van der Waals surface area (Å²) in [5, 5.41) is 10.3. The van der Waals surface area contributed by atoms with E-state index in [0.717, 1.165) is 29.0 Å². The van der Waals surface area contributed by atoms with E-state index in [1.165, 1.54) is 34.7 Å². The highest BCUT2D eigenvalue weighted by molar-refractivity contribution is 7.12. The predicted octanol–water partition coefficient (Wildman–Crippen LogP) is 5.08. The number of hydrogen-bond acceptors (Lipinski definition) is 4. The maximum atomic E-state index is 13.3. The van der Waals surface area contributed by atoms with Crippen molar-refractivity contribution in [2.45, 2.75) is 46.2 Å². The van der Waals surface area contributed by atoms with E-state index in [0.29, 0.717) is 6.54 Å². The van der Waals surface area contributed by atoms with Crippen molar-refractivity contribution >= 4 is 17.1 Å². The fourth-order valence-corrected chi connectivity index (χ4v) is 4.74. The minimum atomic E-state index is -0.245. The molecular weight excluding hydrogens is 373 g/mol. The van der Waals surface area contributed by atoms with Crippen molar-refractivity contribution in [2.24, 2.45) is 5.41 Å². The first-order valence-electron chi connectivity index (χ1n) is 9.47.